The maximum absolute atomic E-state index is 11.9. The molecule has 1 fully saturated rings. The maximum atomic E-state index is 11.9. The van der Waals surface area contributed by atoms with E-state index in [0.29, 0.717) is 13.1 Å². The smallest absolute Gasteiger partial charge is 0.219 e. The van der Waals surface area contributed by atoms with Crippen molar-refractivity contribution in [1.82, 2.24) is 9.96 Å². The molecule has 0 aliphatic carbocycles. The van der Waals surface area contributed by atoms with Gasteiger partial charge >= 0.3 is 0 Å². The van der Waals surface area contributed by atoms with Crippen LogP contribution in [-0.2, 0) is 10.0 Å². The number of carbonyl (C=O) groups excluding carboxylic acids is 1. The fourth-order valence-corrected chi connectivity index (χ4v) is 2.16. The number of amides is 1. The van der Waals surface area contributed by atoms with Crippen LogP contribution in [-0.4, -0.2) is 40.0 Å². The van der Waals surface area contributed by atoms with E-state index in [9.17, 15) is 10.0 Å². The van der Waals surface area contributed by atoms with Crippen molar-refractivity contribution in [3.05, 3.63) is 0 Å². The van der Waals surface area contributed by atoms with Crippen LogP contribution in [0.25, 0.3) is 0 Å². The Hall–Kier alpha value is -0.610. The van der Waals surface area contributed by atoms with Gasteiger partial charge in [-0.25, -0.2) is 0 Å². The van der Waals surface area contributed by atoms with E-state index in [1.807, 2.05) is 27.7 Å². The molecule has 0 aromatic heterocycles. The van der Waals surface area contributed by atoms with Crippen molar-refractivity contribution in [2.45, 2.75) is 45.7 Å². The van der Waals surface area contributed by atoms with Gasteiger partial charge in [-0.3, -0.25) is 4.79 Å². The summed E-state index contributed by atoms with van der Waals surface area (Å²) in [7, 11) is 0. The second-order valence-corrected chi connectivity index (χ2v) is 5.29. The molecule has 0 aromatic rings. The van der Waals surface area contributed by atoms with Gasteiger partial charge in [0, 0.05) is 20.0 Å². The number of nitrogens with zero attached hydrogens (tertiary/aromatic N) is 2. The Kier molecular flexibility index (Phi) is 2.63. The number of hydroxylamine groups is 2. The third-order valence-electron chi connectivity index (χ3n) is 2.70. The van der Waals surface area contributed by atoms with Gasteiger partial charge in [-0.15, -0.1) is 10.3 Å². The van der Waals surface area contributed by atoms with Crippen LogP contribution in [0.3, 0.4) is 0 Å². The van der Waals surface area contributed by atoms with E-state index in [2.05, 4.69) is 0 Å². The predicted molar refractivity (Wildman–Crippen MR) is 52.9 cm³/mol. The quantitative estimate of drug-likeness (QED) is 0.585. The average molecular weight is 199 g/mol. The van der Waals surface area contributed by atoms with Gasteiger partial charge in [-0.05, 0) is 27.7 Å². The minimum atomic E-state index is -0.493. The number of piperazine rings is 1. The molecular weight excluding hydrogens is 180 g/mol. The normalized spacial score (nSPS) is 26.3. The zero-order chi connectivity index (χ0) is 11.1. The summed E-state index contributed by atoms with van der Waals surface area (Å²) in [5.74, 6) is 0.0410. The largest absolute Gasteiger partial charge is 0.339 e. The Labute approximate surface area is 85.4 Å². The lowest BCUT2D eigenvalue weighted by Gasteiger charge is -2.51. The van der Waals surface area contributed by atoms with Crippen LogP contribution in [0.15, 0.2) is 0 Å². The SMILES string of the molecule is CC(=O)N1CC(C)(C)N([O])C(C)(C)C1. The van der Waals surface area contributed by atoms with Crippen molar-refractivity contribution in [1.29, 1.82) is 0 Å². The Morgan fingerprint density at radius 2 is 1.43 bits per heavy atom. The second kappa shape index (κ2) is 3.21. The van der Waals surface area contributed by atoms with Crippen molar-refractivity contribution >= 4 is 5.91 Å². The molecule has 0 spiro atoms. The minimum Gasteiger partial charge on any atom is -0.339 e. The second-order valence-electron chi connectivity index (χ2n) is 5.29. The summed E-state index contributed by atoms with van der Waals surface area (Å²) in [6.45, 7) is 10.1. The molecule has 1 heterocycles. The first-order chi connectivity index (χ1) is 6.17. The van der Waals surface area contributed by atoms with E-state index < -0.39 is 11.1 Å². The zero-order valence-corrected chi connectivity index (χ0v) is 9.63. The average Bonchev–Trinajstić information content (AvgIpc) is 1.98. The van der Waals surface area contributed by atoms with Crippen LogP contribution < -0.4 is 0 Å². The number of hydrogen-bond donors (Lipinski definition) is 0. The summed E-state index contributed by atoms with van der Waals surface area (Å²) in [6, 6.07) is 0. The predicted octanol–water partition coefficient (Wildman–Crippen LogP) is 1.05. The number of hydrogen-bond acceptors (Lipinski definition) is 2. The molecule has 1 saturated heterocycles. The molecule has 0 aromatic carbocycles. The summed E-state index contributed by atoms with van der Waals surface area (Å²) in [4.78, 5) is 13.0. The van der Waals surface area contributed by atoms with E-state index in [1.165, 1.54) is 0 Å². The van der Waals surface area contributed by atoms with Gasteiger partial charge in [-0.1, -0.05) is 0 Å². The zero-order valence-electron chi connectivity index (χ0n) is 9.63. The van der Waals surface area contributed by atoms with Crippen LogP contribution in [0.1, 0.15) is 34.6 Å². The first-order valence-electron chi connectivity index (χ1n) is 4.90. The minimum absolute atomic E-state index is 0.0410. The summed E-state index contributed by atoms with van der Waals surface area (Å²) in [5, 5.41) is 13.0. The van der Waals surface area contributed by atoms with Gasteiger partial charge in [0.15, 0.2) is 0 Å². The fourth-order valence-electron chi connectivity index (χ4n) is 2.16. The molecule has 81 valence electrons. The van der Waals surface area contributed by atoms with Gasteiger partial charge in [0.05, 0.1) is 11.1 Å². The summed E-state index contributed by atoms with van der Waals surface area (Å²) < 4.78 is 0. The molecule has 1 amide bonds. The number of rotatable bonds is 0. The Balaban J connectivity index is 2.91. The molecule has 0 saturated carbocycles. The van der Waals surface area contributed by atoms with Crippen LogP contribution in [0.2, 0.25) is 0 Å². The van der Waals surface area contributed by atoms with Crippen LogP contribution >= 0.6 is 0 Å². The van der Waals surface area contributed by atoms with E-state index in [-0.39, 0.29) is 5.91 Å². The van der Waals surface area contributed by atoms with Gasteiger partial charge in [-0.2, -0.15) is 0 Å². The van der Waals surface area contributed by atoms with Crippen LogP contribution in [0.4, 0.5) is 0 Å². The summed E-state index contributed by atoms with van der Waals surface area (Å²) in [6.07, 6.45) is 0. The molecule has 0 atom stereocenters. The Morgan fingerprint density at radius 1 is 1.07 bits per heavy atom. The lowest BCUT2D eigenvalue weighted by Crippen LogP contribution is -2.67. The lowest BCUT2D eigenvalue weighted by atomic mass is 9.90. The standard InChI is InChI=1S/C10H19N2O2/c1-8(13)11-6-9(2,3)12(14)10(4,5)7-11/h6-7H2,1-5H3. The van der Waals surface area contributed by atoms with Crippen molar-refractivity contribution in [3.63, 3.8) is 0 Å². The molecule has 4 heteroatoms. The maximum Gasteiger partial charge on any atom is 0.219 e. The highest BCUT2D eigenvalue weighted by Gasteiger charge is 2.46. The van der Waals surface area contributed by atoms with Gasteiger partial charge in [0.1, 0.15) is 0 Å². The van der Waals surface area contributed by atoms with E-state index in [0.717, 1.165) is 5.06 Å². The molecule has 4 nitrogen and oxygen atoms in total. The molecule has 0 N–H and O–H groups in total. The molecular formula is C10H19N2O2. The highest BCUT2D eigenvalue weighted by Crippen LogP contribution is 2.30. The monoisotopic (exact) mass is 199 g/mol. The first kappa shape index (κ1) is 11.5. The van der Waals surface area contributed by atoms with E-state index >= 15 is 0 Å². The molecule has 0 unspecified atom stereocenters. The van der Waals surface area contributed by atoms with Crippen molar-refractivity contribution in [2.75, 3.05) is 13.1 Å². The van der Waals surface area contributed by atoms with Gasteiger partial charge in [0.25, 0.3) is 0 Å². The summed E-state index contributed by atoms with van der Waals surface area (Å²) in [5.41, 5.74) is -0.985. The molecule has 1 rings (SSSR count). The topological polar surface area (TPSA) is 43.5 Å². The summed E-state index contributed by atoms with van der Waals surface area (Å²) >= 11 is 0. The Bertz CT molecular complexity index is 231. The first-order valence-corrected chi connectivity index (χ1v) is 4.90. The van der Waals surface area contributed by atoms with E-state index in [4.69, 9.17) is 0 Å². The van der Waals surface area contributed by atoms with Crippen molar-refractivity contribution in [2.24, 2.45) is 0 Å². The Morgan fingerprint density at radius 3 is 1.71 bits per heavy atom. The van der Waals surface area contributed by atoms with Crippen molar-refractivity contribution < 1.29 is 10.0 Å². The fraction of sp³-hybridized carbons (Fsp3) is 0.900. The molecule has 1 radical (unpaired) electrons. The van der Waals surface area contributed by atoms with Crippen molar-refractivity contribution in [3.8, 4) is 0 Å². The molecule has 0 bridgehead atoms. The molecule has 1 aliphatic heterocycles. The third kappa shape index (κ3) is 1.91. The van der Waals surface area contributed by atoms with Crippen LogP contribution in [0.5, 0.6) is 0 Å². The van der Waals surface area contributed by atoms with Crippen LogP contribution in [0, 0.1) is 0 Å². The van der Waals surface area contributed by atoms with Gasteiger partial charge < -0.3 is 4.90 Å². The lowest BCUT2D eigenvalue weighted by molar-refractivity contribution is -0.293. The highest BCUT2D eigenvalue weighted by atomic mass is 16.5. The number of carbonyl (C=O) groups is 1. The molecule has 14 heavy (non-hydrogen) atoms. The molecule has 1 aliphatic rings. The van der Waals surface area contributed by atoms with Gasteiger partial charge in [0.2, 0.25) is 5.91 Å². The van der Waals surface area contributed by atoms with E-state index in [1.54, 1.807) is 11.8 Å². The highest BCUT2D eigenvalue weighted by molar-refractivity contribution is 5.73. The third-order valence-corrected chi connectivity index (χ3v) is 2.70.